The van der Waals surface area contributed by atoms with E-state index in [2.05, 4.69) is 33.1 Å². The Kier molecular flexibility index (Phi) is 4.62. The summed E-state index contributed by atoms with van der Waals surface area (Å²) in [5.41, 5.74) is 0.977. The van der Waals surface area contributed by atoms with Crippen molar-refractivity contribution in [1.82, 2.24) is 5.32 Å². The van der Waals surface area contributed by atoms with Gasteiger partial charge in [0.25, 0.3) is 0 Å². The van der Waals surface area contributed by atoms with Gasteiger partial charge in [-0.2, -0.15) is 0 Å². The van der Waals surface area contributed by atoms with E-state index in [9.17, 15) is 0 Å². The minimum Gasteiger partial charge on any atom is -0.358 e. The van der Waals surface area contributed by atoms with Crippen molar-refractivity contribution in [3.8, 4) is 0 Å². The molecule has 0 aliphatic rings. The van der Waals surface area contributed by atoms with Gasteiger partial charge in [-0.1, -0.05) is 40.7 Å². The molecule has 0 aliphatic heterocycles. The van der Waals surface area contributed by atoms with Gasteiger partial charge in [0.05, 0.1) is 0 Å². The van der Waals surface area contributed by atoms with Crippen LogP contribution in [-0.4, -0.2) is 11.7 Å². The van der Waals surface area contributed by atoms with Crippen molar-refractivity contribution in [2.24, 2.45) is 0 Å². The van der Waals surface area contributed by atoms with Crippen LogP contribution in [0.5, 0.6) is 0 Å². The second-order valence-electron chi connectivity index (χ2n) is 2.69. The van der Waals surface area contributed by atoms with E-state index in [1.807, 2.05) is 30.3 Å². The summed E-state index contributed by atoms with van der Waals surface area (Å²) in [5, 5.41) is 6.65. The van der Waals surface area contributed by atoms with E-state index < -0.39 is 0 Å². The number of thiocarbonyl (C=S) groups is 1. The third-order valence-corrected chi connectivity index (χ3v) is 2.00. The summed E-state index contributed by atoms with van der Waals surface area (Å²) < 4.78 is 0.870. The zero-order valence-electron chi connectivity index (χ0n) is 7.59. The zero-order valence-corrected chi connectivity index (χ0v) is 9.99. The quantitative estimate of drug-likeness (QED) is 0.827. The molecule has 0 saturated carbocycles. The fourth-order valence-electron chi connectivity index (χ4n) is 0.873. The summed E-state index contributed by atoms with van der Waals surface area (Å²) in [6, 6.07) is 9.78. The Labute approximate surface area is 97.5 Å². The SMILES string of the molecule is C=C(Br)CNC(=S)Nc1ccccc1. The Balaban J connectivity index is 2.38. The predicted octanol–water partition coefficient (Wildman–Crippen LogP) is 2.88. The number of para-hydroxylation sites is 1. The van der Waals surface area contributed by atoms with E-state index in [1.165, 1.54) is 0 Å². The third-order valence-electron chi connectivity index (χ3n) is 1.47. The summed E-state index contributed by atoms with van der Waals surface area (Å²) >= 11 is 8.31. The average molecular weight is 271 g/mol. The summed E-state index contributed by atoms with van der Waals surface area (Å²) in [6.07, 6.45) is 0. The van der Waals surface area contributed by atoms with Crippen molar-refractivity contribution >= 4 is 38.9 Å². The van der Waals surface area contributed by atoms with Gasteiger partial charge in [0.15, 0.2) is 5.11 Å². The standard InChI is InChI=1S/C10H11BrN2S/c1-8(11)7-12-10(14)13-9-5-3-2-4-6-9/h2-6H,1,7H2,(H2,12,13,14). The molecule has 0 heterocycles. The number of halogens is 1. The highest BCUT2D eigenvalue weighted by atomic mass is 79.9. The minimum absolute atomic E-state index is 0.594. The second kappa shape index (κ2) is 5.78. The van der Waals surface area contributed by atoms with Crippen molar-refractivity contribution in [3.63, 3.8) is 0 Å². The normalized spacial score (nSPS) is 9.21. The van der Waals surface area contributed by atoms with Gasteiger partial charge in [0.2, 0.25) is 0 Å². The molecule has 0 bridgehead atoms. The number of nitrogens with one attached hydrogen (secondary N) is 2. The molecule has 0 amide bonds. The molecule has 0 unspecified atom stereocenters. The van der Waals surface area contributed by atoms with Gasteiger partial charge in [-0.15, -0.1) is 0 Å². The molecule has 0 aromatic heterocycles. The first-order chi connectivity index (χ1) is 6.68. The monoisotopic (exact) mass is 270 g/mol. The Bertz CT molecular complexity index is 324. The van der Waals surface area contributed by atoms with Gasteiger partial charge >= 0.3 is 0 Å². The zero-order chi connectivity index (χ0) is 10.4. The second-order valence-corrected chi connectivity index (χ2v) is 4.22. The molecule has 14 heavy (non-hydrogen) atoms. The fourth-order valence-corrected chi connectivity index (χ4v) is 1.20. The van der Waals surface area contributed by atoms with E-state index >= 15 is 0 Å². The van der Waals surface area contributed by atoms with Gasteiger partial charge in [0.1, 0.15) is 0 Å². The summed E-state index contributed by atoms with van der Waals surface area (Å²) in [6.45, 7) is 4.32. The predicted molar refractivity (Wildman–Crippen MR) is 68.7 cm³/mol. The largest absolute Gasteiger partial charge is 0.358 e. The molecule has 0 fully saturated rings. The summed E-state index contributed by atoms with van der Waals surface area (Å²) in [4.78, 5) is 0. The molecule has 1 aromatic rings. The van der Waals surface area contributed by atoms with E-state index in [0.29, 0.717) is 11.7 Å². The lowest BCUT2D eigenvalue weighted by Crippen LogP contribution is -2.29. The van der Waals surface area contributed by atoms with Crippen LogP contribution in [0.1, 0.15) is 0 Å². The number of rotatable bonds is 3. The third kappa shape index (κ3) is 4.39. The van der Waals surface area contributed by atoms with Gasteiger partial charge in [-0.05, 0) is 24.4 Å². The van der Waals surface area contributed by atoms with Crippen molar-refractivity contribution in [2.45, 2.75) is 0 Å². The average Bonchev–Trinajstić information content (AvgIpc) is 2.16. The van der Waals surface area contributed by atoms with Gasteiger partial charge < -0.3 is 10.6 Å². The lowest BCUT2D eigenvalue weighted by Gasteiger charge is -2.09. The van der Waals surface area contributed by atoms with Crippen LogP contribution in [0.25, 0.3) is 0 Å². The molecule has 74 valence electrons. The van der Waals surface area contributed by atoms with Crippen LogP contribution in [0.2, 0.25) is 0 Å². The molecular formula is C10H11BrN2S. The van der Waals surface area contributed by atoms with Crippen LogP contribution in [-0.2, 0) is 0 Å². The highest BCUT2D eigenvalue weighted by Crippen LogP contribution is 2.04. The maximum Gasteiger partial charge on any atom is 0.171 e. The van der Waals surface area contributed by atoms with Crippen molar-refractivity contribution in [3.05, 3.63) is 41.4 Å². The van der Waals surface area contributed by atoms with Gasteiger partial charge in [-0.3, -0.25) is 0 Å². The van der Waals surface area contributed by atoms with E-state index in [-0.39, 0.29) is 0 Å². The molecule has 0 atom stereocenters. The van der Waals surface area contributed by atoms with Crippen LogP contribution in [0.3, 0.4) is 0 Å². The molecule has 0 radical (unpaired) electrons. The molecule has 2 N–H and O–H groups in total. The Morgan fingerprint density at radius 1 is 1.36 bits per heavy atom. The molecule has 0 spiro atoms. The number of anilines is 1. The maximum atomic E-state index is 5.07. The van der Waals surface area contributed by atoms with Crippen molar-refractivity contribution in [1.29, 1.82) is 0 Å². The Morgan fingerprint density at radius 2 is 2.00 bits per heavy atom. The van der Waals surface area contributed by atoms with Gasteiger partial charge in [-0.25, -0.2) is 0 Å². The van der Waals surface area contributed by atoms with Crippen LogP contribution in [0.4, 0.5) is 5.69 Å². The summed E-state index contributed by atoms with van der Waals surface area (Å²) in [7, 11) is 0. The minimum atomic E-state index is 0.594. The van der Waals surface area contributed by atoms with Gasteiger partial charge in [0, 0.05) is 16.7 Å². The first kappa shape index (κ1) is 11.2. The lowest BCUT2D eigenvalue weighted by atomic mass is 10.3. The highest BCUT2D eigenvalue weighted by molar-refractivity contribution is 9.11. The van der Waals surface area contributed by atoms with Crippen LogP contribution < -0.4 is 10.6 Å². The topological polar surface area (TPSA) is 24.1 Å². The first-order valence-corrected chi connectivity index (χ1v) is 5.32. The van der Waals surface area contributed by atoms with Crippen LogP contribution in [0, 0.1) is 0 Å². The summed E-state index contributed by atoms with van der Waals surface area (Å²) in [5.74, 6) is 0. The fraction of sp³-hybridized carbons (Fsp3) is 0.100. The van der Waals surface area contributed by atoms with E-state index in [4.69, 9.17) is 12.2 Å². The molecule has 4 heteroatoms. The number of hydrogen-bond donors (Lipinski definition) is 2. The van der Waals surface area contributed by atoms with Crippen LogP contribution in [0.15, 0.2) is 41.4 Å². The number of hydrogen-bond acceptors (Lipinski definition) is 1. The van der Waals surface area contributed by atoms with Crippen molar-refractivity contribution in [2.75, 3.05) is 11.9 Å². The van der Waals surface area contributed by atoms with E-state index in [1.54, 1.807) is 0 Å². The highest BCUT2D eigenvalue weighted by Gasteiger charge is 1.95. The first-order valence-electron chi connectivity index (χ1n) is 4.11. The lowest BCUT2D eigenvalue weighted by molar-refractivity contribution is 1.05. The molecule has 2 nitrogen and oxygen atoms in total. The molecule has 1 aromatic carbocycles. The molecular weight excluding hydrogens is 260 g/mol. The molecule has 1 rings (SSSR count). The maximum absolute atomic E-state index is 5.07. The van der Waals surface area contributed by atoms with Crippen LogP contribution >= 0.6 is 28.1 Å². The molecule has 0 aliphatic carbocycles. The smallest absolute Gasteiger partial charge is 0.171 e. The van der Waals surface area contributed by atoms with E-state index in [0.717, 1.165) is 10.2 Å². The Hall–Kier alpha value is -0.870. The molecule has 0 saturated heterocycles. The Morgan fingerprint density at radius 3 is 2.57 bits per heavy atom. The number of benzene rings is 1. The van der Waals surface area contributed by atoms with Crippen molar-refractivity contribution < 1.29 is 0 Å².